The highest BCUT2D eigenvalue weighted by molar-refractivity contribution is 8.00. The summed E-state index contributed by atoms with van der Waals surface area (Å²) in [5, 5.41) is 4.17. The van der Waals surface area contributed by atoms with Gasteiger partial charge in [0.15, 0.2) is 0 Å². The lowest BCUT2D eigenvalue weighted by Crippen LogP contribution is -2.31. The number of piperidine rings is 1. The van der Waals surface area contributed by atoms with Gasteiger partial charge in [0.05, 0.1) is 0 Å². The maximum atomic E-state index is 4.01. The Hall–Kier alpha value is -0.540. The second-order valence-corrected chi connectivity index (χ2v) is 4.64. The van der Waals surface area contributed by atoms with Crippen LogP contribution in [-0.4, -0.2) is 23.3 Å². The van der Waals surface area contributed by atoms with E-state index in [0.717, 1.165) is 11.8 Å². The molecule has 1 aliphatic heterocycles. The first-order valence-corrected chi connectivity index (χ1v) is 5.60. The van der Waals surface area contributed by atoms with Crippen LogP contribution < -0.4 is 5.32 Å². The monoisotopic (exact) mass is 194 g/mol. The van der Waals surface area contributed by atoms with E-state index in [-0.39, 0.29) is 0 Å². The first-order valence-electron chi connectivity index (χ1n) is 4.72. The Balaban J connectivity index is 1.90. The molecule has 0 amide bonds. The van der Waals surface area contributed by atoms with Gasteiger partial charge in [0, 0.05) is 29.1 Å². The van der Waals surface area contributed by atoms with E-state index in [4.69, 9.17) is 0 Å². The molecule has 0 spiro atoms. The summed E-state index contributed by atoms with van der Waals surface area (Å²) >= 11 is 1.96. The van der Waals surface area contributed by atoms with Gasteiger partial charge >= 0.3 is 0 Å². The van der Waals surface area contributed by atoms with Crippen molar-refractivity contribution in [1.82, 2.24) is 10.3 Å². The largest absolute Gasteiger partial charge is 0.316 e. The summed E-state index contributed by atoms with van der Waals surface area (Å²) in [7, 11) is 0. The molecular weight excluding hydrogens is 180 g/mol. The van der Waals surface area contributed by atoms with Gasteiger partial charge in [-0.1, -0.05) is 0 Å². The maximum Gasteiger partial charge on any atom is 0.0278 e. The molecule has 2 nitrogen and oxygen atoms in total. The molecule has 1 fully saturated rings. The van der Waals surface area contributed by atoms with Crippen molar-refractivity contribution in [3.05, 3.63) is 24.5 Å². The van der Waals surface area contributed by atoms with Crippen LogP contribution in [0.3, 0.4) is 0 Å². The fraction of sp³-hybridized carbons (Fsp3) is 0.500. The normalized spacial score (nSPS) is 22.9. The average molecular weight is 194 g/mol. The number of aromatic nitrogens is 1. The number of pyridine rings is 1. The summed E-state index contributed by atoms with van der Waals surface area (Å²) in [6.45, 7) is 2.33. The van der Waals surface area contributed by atoms with Crippen molar-refractivity contribution in [2.45, 2.75) is 23.0 Å². The molecule has 1 aromatic rings. The van der Waals surface area contributed by atoms with Gasteiger partial charge in [-0.15, -0.1) is 11.8 Å². The Bertz CT molecular complexity index is 244. The zero-order valence-corrected chi connectivity index (χ0v) is 8.39. The van der Waals surface area contributed by atoms with Crippen molar-refractivity contribution in [3.63, 3.8) is 0 Å². The minimum absolute atomic E-state index is 0.746. The smallest absolute Gasteiger partial charge is 0.0278 e. The van der Waals surface area contributed by atoms with Crippen molar-refractivity contribution < 1.29 is 0 Å². The summed E-state index contributed by atoms with van der Waals surface area (Å²) < 4.78 is 0. The SMILES string of the molecule is c1cc(S[C@@H]2CCCNC2)ccn1. The molecule has 0 radical (unpaired) electrons. The van der Waals surface area contributed by atoms with E-state index in [1.54, 1.807) is 0 Å². The molecule has 1 aromatic heterocycles. The van der Waals surface area contributed by atoms with Gasteiger partial charge in [-0.2, -0.15) is 0 Å². The van der Waals surface area contributed by atoms with Gasteiger partial charge in [-0.3, -0.25) is 4.98 Å². The molecule has 0 aromatic carbocycles. The van der Waals surface area contributed by atoms with E-state index in [0.29, 0.717) is 0 Å². The van der Waals surface area contributed by atoms with Gasteiger partial charge in [-0.25, -0.2) is 0 Å². The lowest BCUT2D eigenvalue weighted by molar-refractivity contribution is 0.531. The van der Waals surface area contributed by atoms with Crippen molar-refractivity contribution in [3.8, 4) is 0 Å². The number of hydrogen-bond donors (Lipinski definition) is 1. The molecule has 0 saturated carbocycles. The lowest BCUT2D eigenvalue weighted by Gasteiger charge is -2.21. The van der Waals surface area contributed by atoms with Gasteiger partial charge in [0.1, 0.15) is 0 Å². The first-order chi connectivity index (χ1) is 6.45. The van der Waals surface area contributed by atoms with Crippen LogP contribution >= 0.6 is 11.8 Å². The molecule has 3 heteroatoms. The van der Waals surface area contributed by atoms with Crippen molar-refractivity contribution in [1.29, 1.82) is 0 Å². The topological polar surface area (TPSA) is 24.9 Å². The van der Waals surface area contributed by atoms with Crippen LogP contribution in [0.25, 0.3) is 0 Å². The van der Waals surface area contributed by atoms with Crippen molar-refractivity contribution in [2.24, 2.45) is 0 Å². The third kappa shape index (κ3) is 2.71. The second-order valence-electron chi connectivity index (χ2n) is 3.27. The van der Waals surface area contributed by atoms with E-state index in [1.807, 2.05) is 24.2 Å². The van der Waals surface area contributed by atoms with Crippen molar-refractivity contribution >= 4 is 11.8 Å². The third-order valence-electron chi connectivity index (χ3n) is 2.20. The quantitative estimate of drug-likeness (QED) is 0.778. The fourth-order valence-electron chi connectivity index (χ4n) is 1.53. The minimum Gasteiger partial charge on any atom is -0.316 e. The molecular formula is C10H14N2S. The average Bonchev–Trinajstić information content (AvgIpc) is 2.21. The minimum atomic E-state index is 0.746. The fourth-order valence-corrected chi connectivity index (χ4v) is 2.68. The number of thioether (sulfide) groups is 1. The first kappa shape index (κ1) is 9.03. The summed E-state index contributed by atoms with van der Waals surface area (Å²) in [5.74, 6) is 0. The standard InChI is InChI=1S/C10H14N2S/c1-2-10(8-12-5-1)13-9-3-6-11-7-4-9/h3-4,6-7,10,12H,1-2,5,8H2/t10-/m1/s1. The van der Waals surface area contributed by atoms with Gasteiger partial charge in [-0.05, 0) is 31.5 Å². The number of rotatable bonds is 2. The molecule has 1 N–H and O–H groups in total. The molecule has 1 atom stereocenters. The van der Waals surface area contributed by atoms with Gasteiger partial charge in [0.2, 0.25) is 0 Å². The number of hydrogen-bond acceptors (Lipinski definition) is 3. The summed E-state index contributed by atoms with van der Waals surface area (Å²) in [4.78, 5) is 5.35. The second kappa shape index (κ2) is 4.63. The van der Waals surface area contributed by atoms with Crippen molar-refractivity contribution in [2.75, 3.05) is 13.1 Å². The Morgan fingerprint density at radius 1 is 1.38 bits per heavy atom. The number of nitrogens with one attached hydrogen (secondary N) is 1. The lowest BCUT2D eigenvalue weighted by atomic mass is 10.2. The van der Waals surface area contributed by atoms with Crippen LogP contribution in [0.2, 0.25) is 0 Å². The number of nitrogens with zero attached hydrogens (tertiary/aromatic N) is 1. The maximum absolute atomic E-state index is 4.01. The molecule has 13 heavy (non-hydrogen) atoms. The molecule has 70 valence electrons. The van der Waals surface area contributed by atoms with E-state index in [2.05, 4.69) is 22.4 Å². The summed E-state index contributed by atoms with van der Waals surface area (Å²) in [6.07, 6.45) is 6.36. The highest BCUT2D eigenvalue weighted by Crippen LogP contribution is 2.26. The molecule has 0 bridgehead atoms. The van der Waals surface area contributed by atoms with Gasteiger partial charge < -0.3 is 5.32 Å². The Labute approximate surface area is 83.1 Å². The molecule has 0 unspecified atom stereocenters. The van der Waals surface area contributed by atoms with Crippen LogP contribution in [0, 0.1) is 0 Å². The molecule has 0 aliphatic carbocycles. The van der Waals surface area contributed by atoms with Crippen LogP contribution in [0.15, 0.2) is 29.4 Å². The van der Waals surface area contributed by atoms with Gasteiger partial charge in [0.25, 0.3) is 0 Å². The zero-order valence-electron chi connectivity index (χ0n) is 7.57. The highest BCUT2D eigenvalue weighted by atomic mass is 32.2. The molecule has 2 heterocycles. The highest BCUT2D eigenvalue weighted by Gasteiger charge is 2.13. The van der Waals surface area contributed by atoms with Crippen LogP contribution in [0.1, 0.15) is 12.8 Å². The van der Waals surface area contributed by atoms with E-state index >= 15 is 0 Å². The Morgan fingerprint density at radius 3 is 2.92 bits per heavy atom. The zero-order chi connectivity index (χ0) is 8.93. The third-order valence-corrected chi connectivity index (χ3v) is 3.48. The van der Waals surface area contributed by atoms with E-state index < -0.39 is 0 Å². The van der Waals surface area contributed by atoms with Crippen LogP contribution in [0.4, 0.5) is 0 Å². The molecule has 1 aliphatic rings. The summed E-state index contributed by atoms with van der Waals surface area (Å²) in [5.41, 5.74) is 0. The summed E-state index contributed by atoms with van der Waals surface area (Å²) in [6, 6.07) is 4.17. The molecule has 1 saturated heterocycles. The van der Waals surface area contributed by atoms with Crippen LogP contribution in [-0.2, 0) is 0 Å². The van der Waals surface area contributed by atoms with E-state index in [9.17, 15) is 0 Å². The Morgan fingerprint density at radius 2 is 2.23 bits per heavy atom. The predicted molar refractivity (Wildman–Crippen MR) is 56.0 cm³/mol. The molecule has 2 rings (SSSR count). The van der Waals surface area contributed by atoms with Crippen LogP contribution in [0.5, 0.6) is 0 Å². The van der Waals surface area contributed by atoms with E-state index in [1.165, 1.54) is 24.3 Å². The Kier molecular flexibility index (Phi) is 3.22. The predicted octanol–water partition coefficient (Wildman–Crippen LogP) is 1.93.